The Hall–Kier alpha value is -1.05. The lowest BCUT2D eigenvalue weighted by Crippen LogP contribution is -2.17. The van der Waals surface area contributed by atoms with E-state index >= 15 is 0 Å². The molecule has 1 heterocycles. The van der Waals surface area contributed by atoms with E-state index < -0.39 is 0 Å². The molecule has 2 rings (SSSR count). The Balaban J connectivity index is 2.32. The van der Waals surface area contributed by atoms with Gasteiger partial charge >= 0.3 is 5.69 Å². The van der Waals surface area contributed by atoms with E-state index in [-0.39, 0.29) is 5.69 Å². The van der Waals surface area contributed by atoms with Gasteiger partial charge in [-0.25, -0.2) is 9.89 Å². The standard InChI is InChI=1S/C13H17BrN4OS/c1-2-7-18-12(19)16-17-13(18)20-11-4-3-10(14)8-9(11)5-6-15/h3-4,8H,2,5-7,15H2,1H3,(H,16,19). The van der Waals surface area contributed by atoms with Crippen LogP contribution in [0.15, 0.2) is 37.5 Å². The molecule has 1 aromatic carbocycles. The van der Waals surface area contributed by atoms with Crippen LogP contribution in [0.25, 0.3) is 0 Å². The maximum Gasteiger partial charge on any atom is 0.343 e. The zero-order valence-electron chi connectivity index (χ0n) is 11.2. The van der Waals surface area contributed by atoms with Crippen molar-refractivity contribution in [3.63, 3.8) is 0 Å². The second-order valence-corrected chi connectivity index (χ2v) is 6.28. The molecule has 3 N–H and O–H groups in total. The number of hydrogen-bond acceptors (Lipinski definition) is 4. The number of halogens is 1. The third kappa shape index (κ3) is 3.53. The molecule has 0 amide bonds. The number of aromatic nitrogens is 3. The van der Waals surface area contributed by atoms with Crippen molar-refractivity contribution in [3.8, 4) is 0 Å². The summed E-state index contributed by atoms with van der Waals surface area (Å²) in [4.78, 5) is 12.8. The van der Waals surface area contributed by atoms with Crippen molar-refractivity contribution in [2.24, 2.45) is 5.73 Å². The monoisotopic (exact) mass is 356 g/mol. The quantitative estimate of drug-likeness (QED) is 0.832. The summed E-state index contributed by atoms with van der Waals surface area (Å²) in [6.45, 7) is 3.29. The first-order valence-electron chi connectivity index (χ1n) is 6.47. The molecule has 0 aliphatic rings. The lowest BCUT2D eigenvalue weighted by molar-refractivity contribution is 0.604. The van der Waals surface area contributed by atoms with Gasteiger partial charge in [0.15, 0.2) is 5.16 Å². The summed E-state index contributed by atoms with van der Waals surface area (Å²) in [5, 5.41) is 7.30. The summed E-state index contributed by atoms with van der Waals surface area (Å²) >= 11 is 4.96. The van der Waals surface area contributed by atoms with Gasteiger partial charge < -0.3 is 5.73 Å². The summed E-state index contributed by atoms with van der Waals surface area (Å²) in [5.41, 5.74) is 6.65. The largest absolute Gasteiger partial charge is 0.343 e. The van der Waals surface area contributed by atoms with Gasteiger partial charge in [-0.2, -0.15) is 0 Å². The zero-order chi connectivity index (χ0) is 14.5. The molecule has 0 saturated carbocycles. The van der Waals surface area contributed by atoms with Crippen LogP contribution in [-0.4, -0.2) is 21.3 Å². The minimum atomic E-state index is -0.160. The molecule has 7 heteroatoms. The van der Waals surface area contributed by atoms with Crippen molar-refractivity contribution in [2.45, 2.75) is 36.4 Å². The van der Waals surface area contributed by atoms with Gasteiger partial charge in [-0.05, 0) is 54.9 Å². The average Bonchev–Trinajstić information content (AvgIpc) is 2.75. The van der Waals surface area contributed by atoms with Crippen LogP contribution in [0, 0.1) is 0 Å². The van der Waals surface area contributed by atoms with Crippen molar-refractivity contribution in [2.75, 3.05) is 6.54 Å². The number of aromatic amines is 1. The average molecular weight is 357 g/mol. The molecule has 0 aliphatic heterocycles. The maximum atomic E-state index is 11.7. The molecule has 5 nitrogen and oxygen atoms in total. The first-order valence-corrected chi connectivity index (χ1v) is 8.08. The lowest BCUT2D eigenvalue weighted by atomic mass is 10.1. The molecule has 2 aromatic rings. The highest BCUT2D eigenvalue weighted by molar-refractivity contribution is 9.10. The second-order valence-electron chi connectivity index (χ2n) is 4.36. The molecule has 0 fully saturated rings. The van der Waals surface area contributed by atoms with Crippen molar-refractivity contribution in [3.05, 3.63) is 38.7 Å². The van der Waals surface area contributed by atoms with Crippen LogP contribution in [0.5, 0.6) is 0 Å². The zero-order valence-corrected chi connectivity index (χ0v) is 13.6. The van der Waals surface area contributed by atoms with Gasteiger partial charge in [0.2, 0.25) is 0 Å². The molecule has 0 saturated heterocycles. The SMILES string of the molecule is CCCn1c(Sc2ccc(Br)cc2CCN)n[nH]c1=O. The Morgan fingerprint density at radius 1 is 1.50 bits per heavy atom. The highest BCUT2D eigenvalue weighted by Crippen LogP contribution is 2.30. The summed E-state index contributed by atoms with van der Waals surface area (Å²) in [5.74, 6) is 0. The van der Waals surface area contributed by atoms with E-state index in [1.807, 2.05) is 19.1 Å². The van der Waals surface area contributed by atoms with Crippen molar-refractivity contribution in [1.82, 2.24) is 14.8 Å². The van der Waals surface area contributed by atoms with Crippen LogP contribution < -0.4 is 11.4 Å². The van der Waals surface area contributed by atoms with Gasteiger partial charge in [-0.1, -0.05) is 22.9 Å². The van der Waals surface area contributed by atoms with Gasteiger partial charge in [0.25, 0.3) is 0 Å². The van der Waals surface area contributed by atoms with Crippen LogP contribution in [0.2, 0.25) is 0 Å². The van der Waals surface area contributed by atoms with E-state index in [4.69, 9.17) is 5.73 Å². The topological polar surface area (TPSA) is 76.7 Å². The molecule has 0 aliphatic carbocycles. The summed E-state index contributed by atoms with van der Waals surface area (Å²) in [7, 11) is 0. The molecular weight excluding hydrogens is 340 g/mol. The van der Waals surface area contributed by atoms with E-state index in [9.17, 15) is 4.79 Å². The molecule has 0 radical (unpaired) electrons. The van der Waals surface area contributed by atoms with Crippen molar-refractivity contribution >= 4 is 27.7 Å². The van der Waals surface area contributed by atoms with Crippen LogP contribution in [-0.2, 0) is 13.0 Å². The predicted molar refractivity (Wildman–Crippen MR) is 84.2 cm³/mol. The highest BCUT2D eigenvalue weighted by atomic mass is 79.9. The molecule has 0 atom stereocenters. The number of nitrogens with one attached hydrogen (secondary N) is 1. The fourth-order valence-electron chi connectivity index (χ4n) is 1.90. The summed E-state index contributed by atoms with van der Waals surface area (Å²) in [6, 6.07) is 6.07. The van der Waals surface area contributed by atoms with Gasteiger partial charge in [-0.3, -0.25) is 4.57 Å². The molecule has 0 spiro atoms. The van der Waals surface area contributed by atoms with Gasteiger partial charge in [0.05, 0.1) is 0 Å². The number of hydrogen-bond donors (Lipinski definition) is 2. The number of H-pyrrole nitrogens is 1. The molecule has 0 bridgehead atoms. The first kappa shape index (κ1) is 15.3. The van der Waals surface area contributed by atoms with E-state index in [1.54, 1.807) is 4.57 Å². The molecule has 20 heavy (non-hydrogen) atoms. The predicted octanol–water partition coefficient (Wildman–Crippen LogP) is 2.40. The Bertz CT molecular complexity index is 638. The van der Waals surface area contributed by atoms with Crippen LogP contribution in [0.3, 0.4) is 0 Å². The minimum Gasteiger partial charge on any atom is -0.330 e. The summed E-state index contributed by atoms with van der Waals surface area (Å²) < 4.78 is 2.69. The van der Waals surface area contributed by atoms with E-state index in [2.05, 4.69) is 32.2 Å². The van der Waals surface area contributed by atoms with Gasteiger partial charge in [0.1, 0.15) is 0 Å². The molecule has 0 unspecified atom stereocenters. The highest BCUT2D eigenvalue weighted by Gasteiger charge is 2.12. The van der Waals surface area contributed by atoms with Crippen molar-refractivity contribution < 1.29 is 0 Å². The molecule has 108 valence electrons. The van der Waals surface area contributed by atoms with Gasteiger partial charge in [0, 0.05) is 15.9 Å². The van der Waals surface area contributed by atoms with Crippen molar-refractivity contribution in [1.29, 1.82) is 0 Å². The van der Waals surface area contributed by atoms with Crippen LogP contribution in [0.4, 0.5) is 0 Å². The maximum absolute atomic E-state index is 11.7. The van der Waals surface area contributed by atoms with E-state index in [0.717, 1.165) is 27.8 Å². The number of nitrogens with two attached hydrogens (primary N) is 1. The number of nitrogens with zero attached hydrogens (tertiary/aromatic N) is 2. The third-order valence-electron chi connectivity index (χ3n) is 2.81. The van der Waals surface area contributed by atoms with Crippen LogP contribution in [0.1, 0.15) is 18.9 Å². The third-order valence-corrected chi connectivity index (χ3v) is 4.41. The second kappa shape index (κ2) is 7.10. The van der Waals surface area contributed by atoms with E-state index in [0.29, 0.717) is 18.2 Å². The minimum absolute atomic E-state index is 0.160. The van der Waals surface area contributed by atoms with E-state index in [1.165, 1.54) is 11.8 Å². The van der Waals surface area contributed by atoms with Crippen LogP contribution >= 0.6 is 27.7 Å². The lowest BCUT2D eigenvalue weighted by Gasteiger charge is -2.09. The summed E-state index contributed by atoms with van der Waals surface area (Å²) in [6.07, 6.45) is 1.69. The Labute approximate surface area is 130 Å². The Morgan fingerprint density at radius 2 is 2.30 bits per heavy atom. The Morgan fingerprint density at radius 3 is 3.00 bits per heavy atom. The number of rotatable bonds is 6. The fourth-order valence-corrected chi connectivity index (χ4v) is 3.31. The number of benzene rings is 1. The fraction of sp³-hybridized carbons (Fsp3) is 0.385. The van der Waals surface area contributed by atoms with Gasteiger partial charge in [-0.15, -0.1) is 5.10 Å². The molecule has 1 aromatic heterocycles. The first-order chi connectivity index (χ1) is 9.65. The molecular formula is C13H17BrN4OS. The smallest absolute Gasteiger partial charge is 0.330 e. The normalized spacial score (nSPS) is 10.9. The Kier molecular flexibility index (Phi) is 5.45.